The summed E-state index contributed by atoms with van der Waals surface area (Å²) < 4.78 is 6.52. The van der Waals surface area contributed by atoms with Gasteiger partial charge in [0.1, 0.15) is 11.2 Å². The zero-order valence-electron chi connectivity index (χ0n) is 34.4. The van der Waals surface area contributed by atoms with Crippen molar-refractivity contribution in [2.45, 2.75) is 0 Å². The van der Waals surface area contributed by atoms with Crippen LogP contribution in [0.1, 0.15) is 0 Å². The minimum Gasteiger partial charge on any atom is -0.456 e. The number of hydrogen-bond donors (Lipinski definition) is 1. The maximum Gasteiger partial charge on any atom is 0.136 e. The number of aromatic amines is 1. The third-order valence-electron chi connectivity index (χ3n) is 12.5. The molecule has 2 heterocycles. The molecule has 12 rings (SSSR count). The minimum absolute atomic E-state index is 0.864. The van der Waals surface area contributed by atoms with Crippen molar-refractivity contribution in [2.24, 2.45) is 0 Å². The van der Waals surface area contributed by atoms with Gasteiger partial charge in [-0.05, 0) is 58.1 Å². The molecule has 1 N–H and O–H groups in total. The number of nitrogens with zero attached hydrogens (tertiary/aromatic N) is 1. The molecule has 2 aromatic heterocycles. The Labute approximate surface area is 365 Å². The van der Waals surface area contributed by atoms with Crippen LogP contribution in [0.15, 0.2) is 241 Å². The summed E-state index contributed by atoms with van der Waals surface area (Å²) >= 11 is 0. The van der Waals surface area contributed by atoms with Crippen LogP contribution in [0.2, 0.25) is 0 Å². The van der Waals surface area contributed by atoms with Gasteiger partial charge in [-0.2, -0.15) is 0 Å². The van der Waals surface area contributed by atoms with Gasteiger partial charge in [-0.15, -0.1) is 0 Å². The van der Waals surface area contributed by atoms with Gasteiger partial charge in [-0.25, -0.2) is 0 Å². The number of fused-ring (bicyclic) bond motifs is 6. The zero-order chi connectivity index (χ0) is 41.7. The molecule has 0 atom stereocenters. The fourth-order valence-electron chi connectivity index (χ4n) is 9.70. The molecular formula is C60H40N2O. The van der Waals surface area contributed by atoms with Gasteiger partial charge >= 0.3 is 0 Å². The highest BCUT2D eigenvalue weighted by molar-refractivity contribution is 6.16. The van der Waals surface area contributed by atoms with E-state index in [4.69, 9.17) is 4.42 Å². The van der Waals surface area contributed by atoms with Gasteiger partial charge in [0, 0.05) is 54.9 Å². The van der Waals surface area contributed by atoms with Gasteiger partial charge in [-0.1, -0.05) is 206 Å². The van der Waals surface area contributed by atoms with Gasteiger partial charge in [0.25, 0.3) is 0 Å². The smallest absolute Gasteiger partial charge is 0.136 e. The molecule has 12 aromatic rings. The lowest BCUT2D eigenvalue weighted by Gasteiger charge is -2.34. The predicted octanol–water partition coefficient (Wildman–Crippen LogP) is 17.0. The second-order valence-corrected chi connectivity index (χ2v) is 16.0. The van der Waals surface area contributed by atoms with E-state index in [1.54, 1.807) is 0 Å². The van der Waals surface area contributed by atoms with Crippen LogP contribution < -0.4 is 4.90 Å². The third-order valence-corrected chi connectivity index (χ3v) is 12.5. The minimum atomic E-state index is 0.864. The van der Waals surface area contributed by atoms with Gasteiger partial charge in [0.05, 0.1) is 22.6 Å². The van der Waals surface area contributed by atoms with E-state index in [1.807, 2.05) is 6.07 Å². The second kappa shape index (κ2) is 15.3. The van der Waals surface area contributed by atoms with Crippen molar-refractivity contribution in [1.82, 2.24) is 4.98 Å². The fourth-order valence-corrected chi connectivity index (χ4v) is 9.70. The van der Waals surface area contributed by atoms with Crippen LogP contribution in [0.5, 0.6) is 0 Å². The normalized spacial score (nSPS) is 11.5. The summed E-state index contributed by atoms with van der Waals surface area (Å²) in [5, 5.41) is 4.60. The Kier molecular flexibility index (Phi) is 8.83. The van der Waals surface area contributed by atoms with E-state index < -0.39 is 0 Å². The van der Waals surface area contributed by atoms with Crippen LogP contribution in [0.3, 0.4) is 0 Å². The molecule has 0 saturated heterocycles. The highest BCUT2D eigenvalue weighted by Gasteiger charge is 2.28. The van der Waals surface area contributed by atoms with Crippen molar-refractivity contribution in [3.8, 4) is 55.6 Å². The molecule has 0 bridgehead atoms. The zero-order valence-corrected chi connectivity index (χ0v) is 34.4. The number of furan rings is 1. The first-order chi connectivity index (χ1) is 31.3. The first-order valence-corrected chi connectivity index (χ1v) is 21.5. The molecule has 0 fully saturated rings. The average Bonchev–Trinajstić information content (AvgIpc) is 3.94. The lowest BCUT2D eigenvalue weighted by Crippen LogP contribution is -2.15. The quantitative estimate of drug-likeness (QED) is 0.166. The number of H-pyrrole nitrogens is 1. The van der Waals surface area contributed by atoms with Crippen LogP contribution in [-0.4, -0.2) is 4.98 Å². The standard InChI is InChI=1S/C60H40N2O/c1-3-20-40(21-4-1)42-24-7-8-25-44(42)46-27-10-14-36-54(46)62(55-37-15-11-28-47(55)48-31-19-39-57-58(48)52-29-12-16-38-56(52)63-57)60-43(41-22-5-2-6-23-41)30-17-34-51(60)50-33-18-32-49-45-26-9-13-35-53(45)61-59(49)50/h1-39,61H. The first kappa shape index (κ1) is 36.5. The number of benzene rings is 10. The van der Waals surface area contributed by atoms with Crippen molar-refractivity contribution in [3.05, 3.63) is 237 Å². The van der Waals surface area contributed by atoms with Crippen molar-refractivity contribution >= 4 is 60.8 Å². The number of hydrogen-bond acceptors (Lipinski definition) is 2. The van der Waals surface area contributed by atoms with Crippen LogP contribution in [-0.2, 0) is 0 Å². The molecular weight excluding hydrogens is 765 g/mol. The maximum absolute atomic E-state index is 6.52. The van der Waals surface area contributed by atoms with Crippen molar-refractivity contribution in [3.63, 3.8) is 0 Å². The maximum atomic E-state index is 6.52. The first-order valence-electron chi connectivity index (χ1n) is 21.5. The summed E-state index contributed by atoms with van der Waals surface area (Å²) in [5.41, 5.74) is 18.5. The third kappa shape index (κ3) is 6.13. The summed E-state index contributed by atoms with van der Waals surface area (Å²) in [7, 11) is 0. The Morgan fingerprint density at radius 3 is 1.54 bits per heavy atom. The van der Waals surface area contributed by atoms with Gasteiger partial charge in [0.15, 0.2) is 0 Å². The van der Waals surface area contributed by atoms with E-state index in [-0.39, 0.29) is 0 Å². The molecule has 3 heteroatoms. The lowest BCUT2D eigenvalue weighted by molar-refractivity contribution is 0.669. The van der Waals surface area contributed by atoms with Crippen LogP contribution in [0.4, 0.5) is 17.1 Å². The van der Waals surface area contributed by atoms with Crippen molar-refractivity contribution in [1.29, 1.82) is 0 Å². The van der Waals surface area contributed by atoms with E-state index in [0.717, 1.165) is 94.5 Å². The van der Waals surface area contributed by atoms with Crippen LogP contribution in [0, 0.1) is 0 Å². The van der Waals surface area contributed by atoms with Gasteiger partial charge in [0.2, 0.25) is 0 Å². The van der Waals surface area contributed by atoms with Crippen LogP contribution in [0.25, 0.3) is 99.4 Å². The molecule has 10 aromatic carbocycles. The van der Waals surface area contributed by atoms with Gasteiger partial charge < -0.3 is 14.3 Å². The Bertz CT molecular complexity index is 3640. The Morgan fingerprint density at radius 2 is 0.778 bits per heavy atom. The van der Waals surface area contributed by atoms with E-state index in [0.29, 0.717) is 0 Å². The highest BCUT2D eigenvalue weighted by atomic mass is 16.3. The molecule has 3 nitrogen and oxygen atoms in total. The monoisotopic (exact) mass is 804 g/mol. The number of aromatic nitrogens is 1. The van der Waals surface area contributed by atoms with E-state index in [9.17, 15) is 0 Å². The van der Waals surface area contributed by atoms with Crippen LogP contribution >= 0.6 is 0 Å². The Balaban J connectivity index is 1.22. The lowest BCUT2D eigenvalue weighted by atomic mass is 9.90. The summed E-state index contributed by atoms with van der Waals surface area (Å²) in [6, 6.07) is 85.0. The number of nitrogens with one attached hydrogen (secondary N) is 1. The molecule has 63 heavy (non-hydrogen) atoms. The largest absolute Gasteiger partial charge is 0.456 e. The molecule has 0 spiro atoms. The molecule has 0 aliphatic heterocycles. The van der Waals surface area contributed by atoms with Crippen molar-refractivity contribution < 1.29 is 4.42 Å². The molecule has 0 saturated carbocycles. The van der Waals surface area contributed by atoms with Gasteiger partial charge in [-0.3, -0.25) is 0 Å². The number of para-hydroxylation sites is 6. The topological polar surface area (TPSA) is 32.2 Å². The molecule has 0 aliphatic carbocycles. The molecule has 0 aliphatic rings. The van der Waals surface area contributed by atoms with E-state index in [1.165, 1.54) is 21.9 Å². The average molecular weight is 805 g/mol. The second-order valence-electron chi connectivity index (χ2n) is 16.0. The summed E-state index contributed by atoms with van der Waals surface area (Å²) in [4.78, 5) is 6.39. The summed E-state index contributed by atoms with van der Waals surface area (Å²) in [6.45, 7) is 0. The molecule has 0 unspecified atom stereocenters. The molecule has 296 valence electrons. The SMILES string of the molecule is c1ccc(-c2ccccc2-c2ccccc2N(c2ccccc2-c2cccc3oc4ccccc4c23)c2c(-c3ccccc3)cccc2-c2cccc3c2[nH]c2ccccc23)cc1. The summed E-state index contributed by atoms with van der Waals surface area (Å²) in [5.74, 6) is 0. The summed E-state index contributed by atoms with van der Waals surface area (Å²) in [6.07, 6.45) is 0. The fraction of sp³-hybridized carbons (Fsp3) is 0. The predicted molar refractivity (Wildman–Crippen MR) is 265 cm³/mol. The van der Waals surface area contributed by atoms with E-state index in [2.05, 4.69) is 240 Å². The number of rotatable bonds is 8. The van der Waals surface area contributed by atoms with Crippen molar-refractivity contribution in [2.75, 3.05) is 4.90 Å². The molecule has 0 radical (unpaired) electrons. The Hall–Kier alpha value is -8.40. The Morgan fingerprint density at radius 1 is 0.302 bits per heavy atom. The highest BCUT2D eigenvalue weighted by Crippen LogP contribution is 2.53. The number of anilines is 3. The van der Waals surface area contributed by atoms with E-state index >= 15 is 0 Å². The molecule has 0 amide bonds.